The van der Waals surface area contributed by atoms with Gasteiger partial charge in [-0.3, -0.25) is 0 Å². The number of nitrogens with zero attached hydrogens (tertiary/aromatic N) is 4. The number of hydrogen-bond donors (Lipinski definition) is 3. The van der Waals surface area contributed by atoms with E-state index < -0.39 is 0 Å². The fraction of sp³-hybridized carbons (Fsp3) is 0.786. The van der Waals surface area contributed by atoms with Gasteiger partial charge in [0, 0.05) is 33.3 Å². The van der Waals surface area contributed by atoms with E-state index in [1.54, 1.807) is 0 Å². The Morgan fingerprint density at radius 1 is 1.19 bits per heavy atom. The first-order chi connectivity index (χ1) is 10.2. The molecule has 1 aromatic heterocycles. The molecule has 1 aliphatic rings. The van der Waals surface area contributed by atoms with Crippen LogP contribution in [0.2, 0.25) is 0 Å². The second-order valence-corrected chi connectivity index (χ2v) is 5.58. The summed E-state index contributed by atoms with van der Waals surface area (Å²) in [6, 6.07) is 0. The van der Waals surface area contributed by atoms with E-state index >= 15 is 0 Å². The van der Waals surface area contributed by atoms with Crippen molar-refractivity contribution in [3.05, 3.63) is 0 Å². The zero-order valence-electron chi connectivity index (χ0n) is 13.0. The maximum absolute atomic E-state index is 9.01. The second-order valence-electron chi connectivity index (χ2n) is 5.58. The molecule has 118 valence electrons. The Balaban J connectivity index is 1.93. The first-order valence-corrected chi connectivity index (χ1v) is 7.76. The van der Waals surface area contributed by atoms with Crippen molar-refractivity contribution in [1.82, 2.24) is 15.0 Å². The van der Waals surface area contributed by atoms with Gasteiger partial charge in [-0.2, -0.15) is 15.0 Å². The molecule has 2 heterocycles. The van der Waals surface area contributed by atoms with Crippen LogP contribution in [0.15, 0.2) is 0 Å². The molecule has 1 aromatic rings. The molecule has 0 spiro atoms. The molecule has 0 aliphatic carbocycles. The highest BCUT2D eigenvalue weighted by molar-refractivity contribution is 5.43. The molecule has 0 amide bonds. The largest absolute Gasteiger partial charge is 0.396 e. The smallest absolute Gasteiger partial charge is 0.231 e. The Hall–Kier alpha value is -1.63. The van der Waals surface area contributed by atoms with Gasteiger partial charge in [0.15, 0.2) is 0 Å². The van der Waals surface area contributed by atoms with E-state index in [4.69, 9.17) is 5.11 Å². The topological polar surface area (TPSA) is 86.2 Å². The monoisotopic (exact) mass is 294 g/mol. The van der Waals surface area contributed by atoms with Crippen LogP contribution in [0.5, 0.6) is 0 Å². The third-order valence-corrected chi connectivity index (χ3v) is 3.70. The van der Waals surface area contributed by atoms with Gasteiger partial charge in [0.05, 0.1) is 0 Å². The van der Waals surface area contributed by atoms with Crippen LogP contribution < -0.4 is 15.5 Å². The lowest BCUT2D eigenvalue weighted by molar-refractivity contribution is 0.229. The second kappa shape index (κ2) is 7.97. The van der Waals surface area contributed by atoms with Crippen LogP contribution in [0.1, 0.15) is 32.6 Å². The normalized spacial score (nSPS) is 16.0. The predicted molar refractivity (Wildman–Crippen MR) is 84.8 cm³/mol. The van der Waals surface area contributed by atoms with E-state index in [0.717, 1.165) is 38.4 Å². The van der Waals surface area contributed by atoms with Crippen molar-refractivity contribution in [3.63, 3.8) is 0 Å². The summed E-state index contributed by atoms with van der Waals surface area (Å²) in [5.41, 5.74) is 0. The molecule has 7 nitrogen and oxygen atoms in total. The fourth-order valence-electron chi connectivity index (χ4n) is 2.36. The minimum Gasteiger partial charge on any atom is -0.396 e. The van der Waals surface area contributed by atoms with Crippen LogP contribution in [-0.4, -0.2) is 53.3 Å². The molecule has 1 atom stereocenters. The van der Waals surface area contributed by atoms with Gasteiger partial charge < -0.3 is 20.6 Å². The Bertz CT molecular complexity index is 435. The van der Waals surface area contributed by atoms with E-state index in [9.17, 15) is 0 Å². The number of hydrogen-bond acceptors (Lipinski definition) is 7. The molecule has 0 aromatic carbocycles. The summed E-state index contributed by atoms with van der Waals surface area (Å²) in [6.45, 7) is 5.13. The van der Waals surface area contributed by atoms with Crippen molar-refractivity contribution in [2.24, 2.45) is 5.92 Å². The van der Waals surface area contributed by atoms with Gasteiger partial charge in [0.2, 0.25) is 17.8 Å². The van der Waals surface area contributed by atoms with Crippen molar-refractivity contribution < 1.29 is 5.11 Å². The van der Waals surface area contributed by atoms with Gasteiger partial charge in [-0.05, 0) is 31.6 Å². The first kappa shape index (κ1) is 15.8. The van der Waals surface area contributed by atoms with Crippen molar-refractivity contribution in [3.8, 4) is 0 Å². The van der Waals surface area contributed by atoms with Gasteiger partial charge in [-0.15, -0.1) is 0 Å². The average molecular weight is 294 g/mol. The molecular weight excluding hydrogens is 268 g/mol. The number of nitrogens with one attached hydrogen (secondary N) is 2. The van der Waals surface area contributed by atoms with Gasteiger partial charge in [0.1, 0.15) is 0 Å². The maximum atomic E-state index is 9.01. The Kier molecular flexibility index (Phi) is 5.98. The minimum absolute atomic E-state index is 0.245. The average Bonchev–Trinajstić information content (AvgIpc) is 3.05. The Morgan fingerprint density at radius 3 is 2.57 bits per heavy atom. The zero-order chi connectivity index (χ0) is 15.1. The van der Waals surface area contributed by atoms with Gasteiger partial charge in [-0.1, -0.05) is 6.92 Å². The molecule has 1 aliphatic heterocycles. The summed E-state index contributed by atoms with van der Waals surface area (Å²) in [6.07, 6.45) is 4.37. The number of rotatable bonds is 8. The summed E-state index contributed by atoms with van der Waals surface area (Å²) in [5, 5.41) is 15.2. The standard InChI is InChI=1S/C14H26N6O/c1-11(10-21)6-5-7-16-13-17-12(15-2)18-14(19-13)20-8-3-4-9-20/h11,21H,3-10H2,1-2H3,(H2,15,16,17,18,19). The molecule has 0 bridgehead atoms. The van der Waals surface area contributed by atoms with Crippen LogP contribution >= 0.6 is 0 Å². The van der Waals surface area contributed by atoms with Gasteiger partial charge in [0.25, 0.3) is 0 Å². The Morgan fingerprint density at radius 2 is 1.90 bits per heavy atom. The number of aliphatic hydroxyl groups is 1. The van der Waals surface area contributed by atoms with E-state index in [0.29, 0.717) is 17.8 Å². The number of aliphatic hydroxyl groups excluding tert-OH is 1. The third-order valence-electron chi connectivity index (χ3n) is 3.70. The molecular formula is C14H26N6O. The van der Waals surface area contributed by atoms with E-state index in [2.05, 4.69) is 30.5 Å². The van der Waals surface area contributed by atoms with Crippen LogP contribution in [0, 0.1) is 5.92 Å². The summed E-state index contributed by atoms with van der Waals surface area (Å²) in [7, 11) is 1.82. The quantitative estimate of drug-likeness (QED) is 0.624. The highest BCUT2D eigenvalue weighted by Crippen LogP contribution is 2.18. The fourth-order valence-corrected chi connectivity index (χ4v) is 2.36. The minimum atomic E-state index is 0.245. The van der Waals surface area contributed by atoms with Crippen molar-refractivity contribution in [2.75, 3.05) is 48.8 Å². The number of anilines is 3. The van der Waals surface area contributed by atoms with E-state index in [-0.39, 0.29) is 6.61 Å². The van der Waals surface area contributed by atoms with Gasteiger partial charge in [-0.25, -0.2) is 0 Å². The lowest BCUT2D eigenvalue weighted by atomic mass is 10.1. The molecule has 2 rings (SSSR count). The maximum Gasteiger partial charge on any atom is 0.231 e. The Labute approximate surface area is 126 Å². The molecule has 21 heavy (non-hydrogen) atoms. The number of aromatic nitrogens is 3. The van der Waals surface area contributed by atoms with E-state index in [1.807, 2.05) is 14.0 Å². The molecule has 7 heteroatoms. The van der Waals surface area contributed by atoms with Crippen molar-refractivity contribution in [1.29, 1.82) is 0 Å². The first-order valence-electron chi connectivity index (χ1n) is 7.76. The summed E-state index contributed by atoms with van der Waals surface area (Å²) in [4.78, 5) is 15.5. The van der Waals surface area contributed by atoms with Crippen LogP contribution in [-0.2, 0) is 0 Å². The molecule has 0 saturated carbocycles. The third kappa shape index (κ3) is 4.70. The summed E-state index contributed by atoms with van der Waals surface area (Å²) in [5.74, 6) is 2.31. The highest BCUT2D eigenvalue weighted by atomic mass is 16.3. The lowest BCUT2D eigenvalue weighted by Crippen LogP contribution is -2.22. The van der Waals surface area contributed by atoms with Crippen LogP contribution in [0.4, 0.5) is 17.8 Å². The molecule has 1 fully saturated rings. The summed E-state index contributed by atoms with van der Waals surface area (Å²) >= 11 is 0. The SMILES string of the molecule is CNc1nc(NCCCC(C)CO)nc(N2CCCC2)n1. The lowest BCUT2D eigenvalue weighted by Gasteiger charge is -2.16. The predicted octanol–water partition coefficient (Wildman–Crippen LogP) is 1.33. The highest BCUT2D eigenvalue weighted by Gasteiger charge is 2.17. The molecule has 1 saturated heterocycles. The molecule has 0 radical (unpaired) electrons. The van der Waals surface area contributed by atoms with Crippen LogP contribution in [0.3, 0.4) is 0 Å². The molecule has 1 unspecified atom stereocenters. The van der Waals surface area contributed by atoms with E-state index in [1.165, 1.54) is 12.8 Å². The van der Waals surface area contributed by atoms with Crippen molar-refractivity contribution >= 4 is 17.8 Å². The zero-order valence-corrected chi connectivity index (χ0v) is 13.0. The van der Waals surface area contributed by atoms with Crippen molar-refractivity contribution in [2.45, 2.75) is 32.6 Å². The van der Waals surface area contributed by atoms with Gasteiger partial charge >= 0.3 is 0 Å². The molecule has 3 N–H and O–H groups in total. The summed E-state index contributed by atoms with van der Waals surface area (Å²) < 4.78 is 0. The van der Waals surface area contributed by atoms with Crippen LogP contribution in [0.25, 0.3) is 0 Å².